The molecule has 158 valence electrons. The van der Waals surface area contributed by atoms with Gasteiger partial charge >= 0.3 is 0 Å². The molecule has 1 aromatic heterocycles. The minimum atomic E-state index is -4.17. The summed E-state index contributed by atoms with van der Waals surface area (Å²) >= 11 is 23.9. The zero-order chi connectivity index (χ0) is 21.9. The summed E-state index contributed by atoms with van der Waals surface area (Å²) < 4.78 is 33.4. The summed E-state index contributed by atoms with van der Waals surface area (Å²) in [5.41, 5.74) is 0.532. The maximum absolute atomic E-state index is 12.9. The third-order valence-electron chi connectivity index (χ3n) is 3.65. The Kier molecular flexibility index (Phi) is 7.28. The Bertz CT molecular complexity index is 1190. The van der Waals surface area contributed by atoms with E-state index >= 15 is 0 Å². The average Bonchev–Trinajstić information content (AvgIpc) is 2.69. The standard InChI is InChI=1S/C18H13Cl4N3O4S/c19-11-3-1-2-10(8-11)18-23-14(9-15(24-18)29-7-6-26)25-30(27,28)13-5-4-12(20)16(21)17(13)22/h1-5,8-9,26H,6-7H2,(H,23,24,25). The number of benzene rings is 2. The molecule has 0 saturated carbocycles. The van der Waals surface area contributed by atoms with Crippen LogP contribution in [0.5, 0.6) is 5.88 Å². The molecule has 12 heteroatoms. The lowest BCUT2D eigenvalue weighted by molar-refractivity contribution is 0.196. The first-order valence-electron chi connectivity index (χ1n) is 8.26. The number of aromatic nitrogens is 2. The number of hydrogen-bond acceptors (Lipinski definition) is 6. The first kappa shape index (κ1) is 22.9. The zero-order valence-electron chi connectivity index (χ0n) is 14.9. The largest absolute Gasteiger partial charge is 0.475 e. The van der Waals surface area contributed by atoms with E-state index in [4.69, 9.17) is 56.2 Å². The molecule has 0 atom stereocenters. The van der Waals surface area contributed by atoms with Gasteiger partial charge in [-0.25, -0.2) is 13.4 Å². The van der Waals surface area contributed by atoms with Crippen molar-refractivity contribution in [1.29, 1.82) is 0 Å². The Labute approximate surface area is 192 Å². The number of aliphatic hydroxyl groups excluding tert-OH is 1. The molecule has 3 rings (SSSR count). The Morgan fingerprint density at radius 1 is 1.00 bits per heavy atom. The molecular formula is C18H13Cl4N3O4S. The maximum atomic E-state index is 12.9. The van der Waals surface area contributed by atoms with Crippen LogP contribution in [-0.4, -0.2) is 36.7 Å². The first-order valence-corrected chi connectivity index (χ1v) is 11.3. The molecule has 0 amide bonds. The molecule has 0 saturated heterocycles. The molecule has 7 nitrogen and oxygen atoms in total. The Morgan fingerprint density at radius 2 is 1.77 bits per heavy atom. The second kappa shape index (κ2) is 9.55. The van der Waals surface area contributed by atoms with Crippen molar-refractivity contribution in [3.05, 3.63) is 62.6 Å². The van der Waals surface area contributed by atoms with Crippen LogP contribution in [0.25, 0.3) is 11.4 Å². The van der Waals surface area contributed by atoms with Crippen LogP contribution in [0.15, 0.2) is 47.4 Å². The van der Waals surface area contributed by atoms with Crippen LogP contribution >= 0.6 is 46.4 Å². The molecule has 0 aliphatic carbocycles. The number of sulfonamides is 1. The molecule has 0 unspecified atom stereocenters. The van der Waals surface area contributed by atoms with Crippen LogP contribution in [0.2, 0.25) is 20.1 Å². The first-order chi connectivity index (χ1) is 14.2. The Hall–Kier alpha value is -1.81. The molecule has 3 aromatic rings. The van der Waals surface area contributed by atoms with Crippen LogP contribution in [0.4, 0.5) is 5.82 Å². The number of anilines is 1. The Balaban J connectivity index is 2.04. The molecule has 30 heavy (non-hydrogen) atoms. The number of ether oxygens (including phenoxy) is 1. The molecule has 0 spiro atoms. The van der Waals surface area contributed by atoms with E-state index in [-0.39, 0.29) is 50.7 Å². The minimum absolute atomic E-state index is 0.0448. The highest BCUT2D eigenvalue weighted by Gasteiger charge is 2.23. The summed E-state index contributed by atoms with van der Waals surface area (Å²) in [5, 5.41) is 9.25. The van der Waals surface area contributed by atoms with Gasteiger partial charge in [0.25, 0.3) is 10.0 Å². The van der Waals surface area contributed by atoms with Crippen molar-refractivity contribution in [2.75, 3.05) is 17.9 Å². The lowest BCUT2D eigenvalue weighted by Crippen LogP contribution is -2.15. The SMILES string of the molecule is O=S(=O)(Nc1cc(OCCO)nc(-c2cccc(Cl)c2)n1)c1ccc(Cl)c(Cl)c1Cl. The van der Waals surface area contributed by atoms with E-state index in [1.165, 1.54) is 18.2 Å². The summed E-state index contributed by atoms with van der Waals surface area (Å²) in [5.74, 6) is 0.118. The molecule has 0 radical (unpaired) electrons. The number of nitrogens with one attached hydrogen (secondary N) is 1. The predicted molar refractivity (Wildman–Crippen MR) is 117 cm³/mol. The van der Waals surface area contributed by atoms with E-state index in [9.17, 15) is 8.42 Å². The lowest BCUT2D eigenvalue weighted by Gasteiger charge is -2.13. The van der Waals surface area contributed by atoms with E-state index < -0.39 is 10.0 Å². The maximum Gasteiger partial charge on any atom is 0.264 e. The van der Waals surface area contributed by atoms with Crippen LogP contribution < -0.4 is 9.46 Å². The van der Waals surface area contributed by atoms with Gasteiger partial charge in [-0.15, -0.1) is 0 Å². The lowest BCUT2D eigenvalue weighted by atomic mass is 10.2. The number of aliphatic hydroxyl groups is 1. The fraction of sp³-hybridized carbons (Fsp3) is 0.111. The third-order valence-corrected chi connectivity index (χ3v) is 6.69. The van der Waals surface area contributed by atoms with Crippen LogP contribution in [0.3, 0.4) is 0 Å². The number of rotatable bonds is 7. The van der Waals surface area contributed by atoms with Gasteiger partial charge in [-0.1, -0.05) is 58.5 Å². The summed E-state index contributed by atoms with van der Waals surface area (Å²) in [7, 11) is -4.17. The second-order valence-corrected chi connectivity index (χ2v) is 9.03. The highest BCUT2D eigenvalue weighted by molar-refractivity contribution is 7.92. The highest BCUT2D eigenvalue weighted by atomic mass is 35.5. The second-order valence-electron chi connectivity index (χ2n) is 5.78. The van der Waals surface area contributed by atoms with E-state index in [2.05, 4.69) is 14.7 Å². The average molecular weight is 509 g/mol. The molecule has 0 bridgehead atoms. The third kappa shape index (κ3) is 5.26. The zero-order valence-corrected chi connectivity index (χ0v) is 18.8. The minimum Gasteiger partial charge on any atom is -0.475 e. The number of nitrogens with zero attached hydrogens (tertiary/aromatic N) is 2. The summed E-state index contributed by atoms with van der Waals surface area (Å²) in [6, 6.07) is 10.5. The summed E-state index contributed by atoms with van der Waals surface area (Å²) in [6.45, 7) is -0.298. The fourth-order valence-electron chi connectivity index (χ4n) is 2.37. The molecule has 0 aliphatic heterocycles. The van der Waals surface area contributed by atoms with Crippen molar-refractivity contribution in [3.8, 4) is 17.3 Å². The molecule has 2 aromatic carbocycles. The van der Waals surface area contributed by atoms with Crippen molar-refractivity contribution in [1.82, 2.24) is 9.97 Å². The van der Waals surface area contributed by atoms with Crippen molar-refractivity contribution in [2.45, 2.75) is 4.90 Å². The summed E-state index contributed by atoms with van der Waals surface area (Å²) in [6.07, 6.45) is 0. The monoisotopic (exact) mass is 507 g/mol. The van der Waals surface area contributed by atoms with Gasteiger partial charge in [-0.05, 0) is 24.3 Å². The van der Waals surface area contributed by atoms with Crippen LogP contribution in [0, 0.1) is 0 Å². The van der Waals surface area contributed by atoms with Gasteiger partial charge in [-0.3, -0.25) is 4.72 Å². The highest BCUT2D eigenvalue weighted by Crippen LogP contribution is 2.35. The summed E-state index contributed by atoms with van der Waals surface area (Å²) in [4.78, 5) is 8.18. The van der Waals surface area contributed by atoms with Gasteiger partial charge in [-0.2, -0.15) is 4.98 Å². The van der Waals surface area contributed by atoms with E-state index in [1.807, 2.05) is 0 Å². The quantitative estimate of drug-likeness (QED) is 0.439. The van der Waals surface area contributed by atoms with Crippen molar-refractivity contribution in [2.24, 2.45) is 0 Å². The van der Waals surface area contributed by atoms with Gasteiger partial charge in [0.05, 0.1) is 21.7 Å². The van der Waals surface area contributed by atoms with Crippen LogP contribution in [-0.2, 0) is 10.0 Å². The molecule has 0 fully saturated rings. The molecule has 2 N–H and O–H groups in total. The Morgan fingerprint density at radius 3 is 2.47 bits per heavy atom. The fourth-order valence-corrected chi connectivity index (χ4v) is 4.53. The molecule has 1 heterocycles. The van der Waals surface area contributed by atoms with Crippen molar-refractivity contribution >= 4 is 62.2 Å². The van der Waals surface area contributed by atoms with E-state index in [1.54, 1.807) is 24.3 Å². The number of hydrogen-bond donors (Lipinski definition) is 2. The van der Waals surface area contributed by atoms with Gasteiger partial charge in [0.1, 0.15) is 17.3 Å². The predicted octanol–water partition coefficient (Wildman–Crippen LogP) is 4.93. The van der Waals surface area contributed by atoms with Gasteiger partial charge < -0.3 is 9.84 Å². The molecular weight excluding hydrogens is 496 g/mol. The van der Waals surface area contributed by atoms with Gasteiger partial charge in [0, 0.05) is 16.7 Å². The van der Waals surface area contributed by atoms with E-state index in [0.717, 1.165) is 0 Å². The van der Waals surface area contributed by atoms with Crippen molar-refractivity contribution < 1.29 is 18.3 Å². The number of halogens is 4. The topological polar surface area (TPSA) is 101 Å². The normalized spacial score (nSPS) is 11.4. The van der Waals surface area contributed by atoms with Gasteiger partial charge in [0.2, 0.25) is 5.88 Å². The van der Waals surface area contributed by atoms with Gasteiger partial charge in [0.15, 0.2) is 5.82 Å². The smallest absolute Gasteiger partial charge is 0.264 e. The van der Waals surface area contributed by atoms with Crippen molar-refractivity contribution in [3.63, 3.8) is 0 Å². The molecule has 0 aliphatic rings. The van der Waals surface area contributed by atoms with E-state index in [0.29, 0.717) is 10.6 Å². The van der Waals surface area contributed by atoms with Crippen LogP contribution in [0.1, 0.15) is 0 Å².